The standard InChI is InChI=1S/C23H21ClN4O2/c24-17-8-5-15(6-9-17)23-27-26-21(30-23)14-28(18-10-11-18)22(29)12-7-16-13-25-20-4-2-1-3-19(16)20/h1-6,8-9,13,18,25H,7,10-12,14H2. The second-order valence-electron chi connectivity index (χ2n) is 7.62. The SMILES string of the molecule is O=C(CCc1c[nH]c2ccccc12)N(Cc1nnc(-c2ccc(Cl)cc2)o1)C1CC1. The number of amides is 1. The van der Waals surface area contributed by atoms with Crippen LogP contribution in [0.2, 0.25) is 5.02 Å². The first-order valence-corrected chi connectivity index (χ1v) is 10.5. The molecule has 0 aliphatic heterocycles. The average Bonchev–Trinajstić information content (AvgIpc) is 3.35. The third-order valence-corrected chi connectivity index (χ3v) is 5.71. The van der Waals surface area contributed by atoms with E-state index in [1.54, 1.807) is 12.1 Å². The van der Waals surface area contributed by atoms with E-state index in [0.717, 1.165) is 29.5 Å². The number of fused-ring (bicyclic) bond motifs is 1. The molecular weight excluding hydrogens is 400 g/mol. The molecule has 0 saturated heterocycles. The van der Waals surface area contributed by atoms with Gasteiger partial charge in [0.05, 0.1) is 6.54 Å². The minimum Gasteiger partial charge on any atom is -0.419 e. The molecule has 1 fully saturated rings. The molecule has 0 atom stereocenters. The summed E-state index contributed by atoms with van der Waals surface area (Å²) in [7, 11) is 0. The molecule has 1 saturated carbocycles. The number of aromatic amines is 1. The fourth-order valence-electron chi connectivity index (χ4n) is 3.70. The number of halogens is 1. The third kappa shape index (κ3) is 3.96. The number of aryl methyl sites for hydroxylation is 1. The molecule has 1 aliphatic rings. The fraction of sp³-hybridized carbons (Fsp3) is 0.261. The van der Waals surface area contributed by atoms with E-state index in [1.165, 1.54) is 5.39 Å². The number of para-hydroxylation sites is 1. The summed E-state index contributed by atoms with van der Waals surface area (Å²) in [6, 6.07) is 15.7. The van der Waals surface area contributed by atoms with Crippen molar-refractivity contribution in [2.24, 2.45) is 0 Å². The van der Waals surface area contributed by atoms with Crippen LogP contribution in [0.3, 0.4) is 0 Å². The molecule has 0 spiro atoms. The van der Waals surface area contributed by atoms with Crippen LogP contribution < -0.4 is 0 Å². The van der Waals surface area contributed by atoms with E-state index in [1.807, 2.05) is 41.4 Å². The zero-order chi connectivity index (χ0) is 20.5. The molecule has 2 aromatic heterocycles. The molecule has 152 valence electrons. The van der Waals surface area contributed by atoms with Gasteiger partial charge in [-0.3, -0.25) is 4.79 Å². The molecule has 30 heavy (non-hydrogen) atoms. The lowest BCUT2D eigenvalue weighted by atomic mass is 10.1. The molecule has 0 radical (unpaired) electrons. The Balaban J connectivity index is 1.26. The number of nitrogens with one attached hydrogen (secondary N) is 1. The van der Waals surface area contributed by atoms with E-state index in [9.17, 15) is 4.79 Å². The van der Waals surface area contributed by atoms with Crippen LogP contribution in [0.4, 0.5) is 0 Å². The van der Waals surface area contributed by atoms with Gasteiger partial charge in [0.1, 0.15) is 0 Å². The first kappa shape index (κ1) is 18.9. The predicted octanol–water partition coefficient (Wildman–Crippen LogP) is 5.00. The highest BCUT2D eigenvalue weighted by Crippen LogP contribution is 2.30. The van der Waals surface area contributed by atoms with Crippen LogP contribution >= 0.6 is 11.6 Å². The van der Waals surface area contributed by atoms with Gasteiger partial charge in [-0.25, -0.2) is 0 Å². The lowest BCUT2D eigenvalue weighted by Crippen LogP contribution is -2.32. The van der Waals surface area contributed by atoms with Crippen LogP contribution in [0.15, 0.2) is 59.1 Å². The van der Waals surface area contributed by atoms with Gasteiger partial charge in [0.25, 0.3) is 0 Å². The van der Waals surface area contributed by atoms with Crippen molar-refractivity contribution in [3.63, 3.8) is 0 Å². The van der Waals surface area contributed by atoms with Crippen molar-refractivity contribution in [3.05, 3.63) is 71.2 Å². The van der Waals surface area contributed by atoms with Gasteiger partial charge in [-0.05, 0) is 55.2 Å². The van der Waals surface area contributed by atoms with Gasteiger partial charge in [-0.1, -0.05) is 29.8 Å². The fourth-order valence-corrected chi connectivity index (χ4v) is 3.83. The lowest BCUT2D eigenvalue weighted by molar-refractivity contribution is -0.132. The van der Waals surface area contributed by atoms with Crippen LogP contribution in [0.1, 0.15) is 30.7 Å². The zero-order valence-corrected chi connectivity index (χ0v) is 17.1. The van der Waals surface area contributed by atoms with Crippen LogP contribution in [-0.4, -0.2) is 32.0 Å². The summed E-state index contributed by atoms with van der Waals surface area (Å²) in [4.78, 5) is 18.1. The molecule has 1 amide bonds. The number of H-pyrrole nitrogens is 1. The largest absolute Gasteiger partial charge is 0.419 e. The van der Waals surface area contributed by atoms with E-state index in [-0.39, 0.29) is 11.9 Å². The Bertz CT molecular complexity index is 1180. The van der Waals surface area contributed by atoms with Gasteiger partial charge >= 0.3 is 0 Å². The van der Waals surface area contributed by atoms with Crippen molar-refractivity contribution in [2.45, 2.75) is 38.3 Å². The van der Waals surface area contributed by atoms with E-state index in [2.05, 4.69) is 21.2 Å². The smallest absolute Gasteiger partial charge is 0.247 e. The van der Waals surface area contributed by atoms with Gasteiger partial charge in [0, 0.05) is 40.1 Å². The Morgan fingerprint density at radius 3 is 2.73 bits per heavy atom. The van der Waals surface area contributed by atoms with Crippen LogP contribution in [0.25, 0.3) is 22.4 Å². The van der Waals surface area contributed by atoms with Gasteiger partial charge in [0.2, 0.25) is 17.7 Å². The minimum absolute atomic E-state index is 0.119. The topological polar surface area (TPSA) is 75.0 Å². The number of benzene rings is 2. The number of rotatable bonds is 7. The highest BCUT2D eigenvalue weighted by atomic mass is 35.5. The zero-order valence-electron chi connectivity index (χ0n) is 16.3. The summed E-state index contributed by atoms with van der Waals surface area (Å²) < 4.78 is 5.81. The van der Waals surface area contributed by atoms with Crippen molar-refractivity contribution < 1.29 is 9.21 Å². The number of carbonyl (C=O) groups excluding carboxylic acids is 1. The van der Waals surface area contributed by atoms with Gasteiger partial charge < -0.3 is 14.3 Å². The first-order chi connectivity index (χ1) is 14.7. The Labute approximate surface area is 178 Å². The molecule has 0 bridgehead atoms. The summed E-state index contributed by atoms with van der Waals surface area (Å²) in [5, 5.41) is 10.1. The normalized spacial score (nSPS) is 13.6. The van der Waals surface area contributed by atoms with E-state index >= 15 is 0 Å². The summed E-state index contributed by atoms with van der Waals surface area (Å²) >= 11 is 5.94. The van der Waals surface area contributed by atoms with Crippen molar-refractivity contribution in [1.29, 1.82) is 0 Å². The van der Waals surface area contributed by atoms with E-state index in [4.69, 9.17) is 16.0 Å². The van der Waals surface area contributed by atoms with Gasteiger partial charge in [-0.15, -0.1) is 10.2 Å². The maximum atomic E-state index is 13.0. The Morgan fingerprint density at radius 2 is 1.93 bits per heavy atom. The second kappa shape index (κ2) is 7.95. The van der Waals surface area contributed by atoms with E-state index in [0.29, 0.717) is 36.2 Å². The third-order valence-electron chi connectivity index (χ3n) is 5.45. The summed E-state index contributed by atoms with van der Waals surface area (Å²) in [5.74, 6) is 1.00. The van der Waals surface area contributed by atoms with Crippen molar-refractivity contribution in [3.8, 4) is 11.5 Å². The molecule has 0 unspecified atom stereocenters. The molecule has 5 rings (SSSR count). The monoisotopic (exact) mass is 420 g/mol. The molecule has 6 nitrogen and oxygen atoms in total. The van der Waals surface area contributed by atoms with E-state index < -0.39 is 0 Å². The molecule has 2 aromatic carbocycles. The molecule has 2 heterocycles. The number of hydrogen-bond donors (Lipinski definition) is 1. The van der Waals surface area contributed by atoms with Crippen LogP contribution in [0.5, 0.6) is 0 Å². The molecule has 1 N–H and O–H groups in total. The maximum absolute atomic E-state index is 13.0. The Kier molecular flexibility index (Phi) is 5.01. The molecular formula is C23H21ClN4O2. The lowest BCUT2D eigenvalue weighted by Gasteiger charge is -2.20. The summed E-state index contributed by atoms with van der Waals surface area (Å²) in [6.07, 6.45) is 5.20. The van der Waals surface area contributed by atoms with Crippen molar-refractivity contribution >= 4 is 28.4 Å². The highest BCUT2D eigenvalue weighted by molar-refractivity contribution is 6.30. The quantitative estimate of drug-likeness (QED) is 0.456. The number of aromatic nitrogens is 3. The van der Waals surface area contributed by atoms with Gasteiger partial charge in [-0.2, -0.15) is 0 Å². The average molecular weight is 421 g/mol. The minimum atomic E-state index is 0.119. The number of hydrogen-bond acceptors (Lipinski definition) is 4. The number of carbonyl (C=O) groups is 1. The maximum Gasteiger partial charge on any atom is 0.247 e. The number of nitrogens with zero attached hydrogens (tertiary/aromatic N) is 3. The Hall–Kier alpha value is -3.12. The molecule has 1 aliphatic carbocycles. The predicted molar refractivity (Wildman–Crippen MR) is 115 cm³/mol. The van der Waals surface area contributed by atoms with Crippen LogP contribution in [-0.2, 0) is 17.8 Å². The highest BCUT2D eigenvalue weighted by Gasteiger charge is 2.33. The summed E-state index contributed by atoms with van der Waals surface area (Å²) in [5.41, 5.74) is 3.07. The second-order valence-corrected chi connectivity index (χ2v) is 8.06. The summed E-state index contributed by atoms with van der Waals surface area (Å²) in [6.45, 7) is 0.345. The van der Waals surface area contributed by atoms with Crippen LogP contribution in [0, 0.1) is 0 Å². The first-order valence-electron chi connectivity index (χ1n) is 10.1. The van der Waals surface area contributed by atoms with Crippen molar-refractivity contribution in [2.75, 3.05) is 0 Å². The molecule has 7 heteroatoms. The van der Waals surface area contributed by atoms with Gasteiger partial charge in [0.15, 0.2) is 0 Å². The Morgan fingerprint density at radius 1 is 1.13 bits per heavy atom. The van der Waals surface area contributed by atoms with Crippen molar-refractivity contribution in [1.82, 2.24) is 20.1 Å². The molecule has 4 aromatic rings.